The monoisotopic (exact) mass is 694 g/mol. The average molecular weight is 695 g/mol. The number of thiazole rings is 1. The van der Waals surface area contributed by atoms with Gasteiger partial charge in [-0.3, -0.25) is 14.5 Å². The van der Waals surface area contributed by atoms with Gasteiger partial charge in [-0.1, -0.05) is 47.7 Å². The maximum Gasteiger partial charge on any atom is 0.350 e. The molecule has 214 valence electrons. The summed E-state index contributed by atoms with van der Waals surface area (Å²) in [5.41, 5.74) is 3.47. The smallest absolute Gasteiger partial charge is 0.350 e. The van der Waals surface area contributed by atoms with Gasteiger partial charge in [0.15, 0.2) is 5.13 Å². The quantitative estimate of drug-likeness (QED) is 0.0716. The Balaban J connectivity index is 1.52. The number of aryl methyl sites for hydroxylation is 2. The van der Waals surface area contributed by atoms with E-state index in [-0.39, 0.29) is 27.9 Å². The van der Waals surface area contributed by atoms with Crippen molar-refractivity contribution in [1.82, 2.24) is 4.98 Å². The second-order valence-electron chi connectivity index (χ2n) is 9.59. The molecule has 0 aliphatic carbocycles. The van der Waals surface area contributed by atoms with Gasteiger partial charge in [0.2, 0.25) is 0 Å². The number of esters is 1. The van der Waals surface area contributed by atoms with Gasteiger partial charge in [0.05, 0.1) is 23.9 Å². The largest absolute Gasteiger partial charge is 0.507 e. The summed E-state index contributed by atoms with van der Waals surface area (Å²) in [6, 6.07) is 21.0. The van der Waals surface area contributed by atoms with Crippen molar-refractivity contribution in [2.45, 2.75) is 33.4 Å². The minimum absolute atomic E-state index is 0.0691. The Morgan fingerprint density at radius 1 is 1.02 bits per heavy atom. The van der Waals surface area contributed by atoms with Gasteiger partial charge in [-0.05, 0) is 96.5 Å². The fraction of sp³-hybridized carbons (Fsp3) is 0.188. The van der Waals surface area contributed by atoms with Crippen LogP contribution in [0, 0.1) is 17.4 Å². The van der Waals surface area contributed by atoms with Crippen molar-refractivity contribution >= 4 is 62.5 Å². The number of ketones is 1. The third-order valence-corrected chi connectivity index (χ3v) is 8.72. The number of Topliss-reactive ketones (excluding diaryl/α,β-unsaturated/α-hetero) is 1. The van der Waals surface area contributed by atoms with Gasteiger partial charge < -0.3 is 14.6 Å². The van der Waals surface area contributed by atoms with Crippen molar-refractivity contribution in [2.24, 2.45) is 0 Å². The van der Waals surface area contributed by atoms with Crippen LogP contribution < -0.4 is 9.64 Å². The number of carbonyl (C=O) groups excluding carboxylic acids is 3. The van der Waals surface area contributed by atoms with E-state index >= 15 is 0 Å². The highest BCUT2D eigenvalue weighted by molar-refractivity contribution is 14.1. The molecular formula is C32H27IN2O6S. The van der Waals surface area contributed by atoms with E-state index in [1.807, 2.05) is 43.3 Å². The number of anilines is 1. The molecule has 1 amide bonds. The highest BCUT2D eigenvalue weighted by atomic mass is 127. The summed E-state index contributed by atoms with van der Waals surface area (Å²) >= 11 is 3.14. The van der Waals surface area contributed by atoms with E-state index in [9.17, 15) is 19.5 Å². The van der Waals surface area contributed by atoms with Crippen molar-refractivity contribution in [2.75, 3.05) is 11.5 Å². The van der Waals surface area contributed by atoms with Gasteiger partial charge in [0, 0.05) is 9.13 Å². The molecule has 0 radical (unpaired) electrons. The Morgan fingerprint density at radius 3 is 2.38 bits per heavy atom. The molecule has 1 aliphatic rings. The van der Waals surface area contributed by atoms with Crippen LogP contribution in [0.1, 0.15) is 50.6 Å². The molecular weight excluding hydrogens is 667 g/mol. The summed E-state index contributed by atoms with van der Waals surface area (Å²) < 4.78 is 12.0. The van der Waals surface area contributed by atoms with E-state index in [1.54, 1.807) is 50.2 Å². The number of rotatable bonds is 8. The first-order chi connectivity index (χ1) is 20.2. The second-order valence-corrected chi connectivity index (χ2v) is 11.8. The van der Waals surface area contributed by atoms with Crippen LogP contribution in [0.3, 0.4) is 0 Å². The van der Waals surface area contributed by atoms with Gasteiger partial charge >= 0.3 is 11.9 Å². The van der Waals surface area contributed by atoms with E-state index in [2.05, 4.69) is 27.6 Å². The summed E-state index contributed by atoms with van der Waals surface area (Å²) in [6.45, 7) is 5.94. The topological polar surface area (TPSA) is 106 Å². The SMILES string of the molecule is CCOC(=O)c1sc(N2C(=O)C(=O)C(=C(O)c3ccc(OCc4ccccc4C)cc3)C2c2ccc(I)cc2)nc1C. The number of hydrogen-bond donors (Lipinski definition) is 1. The molecule has 10 heteroatoms. The molecule has 0 bridgehead atoms. The van der Waals surface area contributed by atoms with Crippen LogP contribution in [0.2, 0.25) is 0 Å². The molecule has 1 aliphatic heterocycles. The van der Waals surface area contributed by atoms with Gasteiger partial charge in [-0.2, -0.15) is 0 Å². The number of benzene rings is 3. The molecule has 1 unspecified atom stereocenters. The first-order valence-electron chi connectivity index (χ1n) is 13.2. The normalized spacial score (nSPS) is 16.1. The lowest BCUT2D eigenvalue weighted by Crippen LogP contribution is -2.29. The van der Waals surface area contributed by atoms with E-state index in [4.69, 9.17) is 9.47 Å². The number of carbonyl (C=O) groups is 3. The first-order valence-corrected chi connectivity index (χ1v) is 15.1. The summed E-state index contributed by atoms with van der Waals surface area (Å²) in [6.07, 6.45) is 0. The number of aliphatic hydroxyl groups excluding tert-OH is 1. The summed E-state index contributed by atoms with van der Waals surface area (Å²) in [7, 11) is 0. The second kappa shape index (κ2) is 12.5. The van der Waals surface area contributed by atoms with Crippen molar-refractivity contribution < 1.29 is 29.0 Å². The molecule has 4 aromatic rings. The van der Waals surface area contributed by atoms with Crippen molar-refractivity contribution in [1.29, 1.82) is 0 Å². The van der Waals surface area contributed by atoms with Crippen LogP contribution in [0.25, 0.3) is 5.76 Å². The van der Waals surface area contributed by atoms with Gasteiger partial charge in [0.25, 0.3) is 5.78 Å². The van der Waals surface area contributed by atoms with E-state index < -0.39 is 23.7 Å². The lowest BCUT2D eigenvalue weighted by molar-refractivity contribution is -0.132. The third-order valence-electron chi connectivity index (χ3n) is 6.87. The minimum Gasteiger partial charge on any atom is -0.507 e. The zero-order chi connectivity index (χ0) is 30.0. The van der Waals surface area contributed by atoms with E-state index in [1.165, 1.54) is 4.90 Å². The summed E-state index contributed by atoms with van der Waals surface area (Å²) in [5.74, 6) is -1.97. The van der Waals surface area contributed by atoms with Crippen LogP contribution in [-0.2, 0) is 20.9 Å². The number of nitrogens with zero attached hydrogens (tertiary/aromatic N) is 2. The maximum atomic E-state index is 13.5. The van der Waals surface area contributed by atoms with Gasteiger partial charge in [-0.15, -0.1) is 0 Å². The summed E-state index contributed by atoms with van der Waals surface area (Å²) in [4.78, 5) is 45.4. The van der Waals surface area contributed by atoms with Crippen molar-refractivity contribution in [3.63, 3.8) is 0 Å². The van der Waals surface area contributed by atoms with Crippen LogP contribution in [0.15, 0.2) is 78.4 Å². The number of ether oxygens (including phenoxy) is 2. The third kappa shape index (κ3) is 5.82. The van der Waals surface area contributed by atoms with Crippen molar-refractivity contribution in [3.05, 3.63) is 115 Å². The number of halogens is 1. The molecule has 3 aromatic carbocycles. The first kappa shape index (κ1) is 29.5. The lowest BCUT2D eigenvalue weighted by Gasteiger charge is -2.23. The highest BCUT2D eigenvalue weighted by Crippen LogP contribution is 2.44. The Morgan fingerprint density at radius 2 is 1.71 bits per heavy atom. The van der Waals surface area contributed by atoms with Crippen molar-refractivity contribution in [3.8, 4) is 5.75 Å². The van der Waals surface area contributed by atoms with Gasteiger partial charge in [-0.25, -0.2) is 9.78 Å². The highest BCUT2D eigenvalue weighted by Gasteiger charge is 2.48. The predicted molar refractivity (Wildman–Crippen MR) is 169 cm³/mol. The standard InChI is InChI=1S/C32H27IN2O6S/c1-4-40-31(39)29-19(3)34-32(42-29)35-26(20-9-13-23(33)14-10-20)25(28(37)30(35)38)27(36)21-11-15-24(16-12-21)41-17-22-8-6-5-7-18(22)2/h5-16,26,36H,4,17H2,1-3H3. The molecule has 1 fully saturated rings. The Kier molecular flexibility index (Phi) is 8.74. The molecule has 1 N–H and O–H groups in total. The predicted octanol–water partition coefficient (Wildman–Crippen LogP) is 6.75. The molecule has 0 saturated carbocycles. The number of aliphatic hydroxyl groups is 1. The minimum atomic E-state index is -0.959. The average Bonchev–Trinajstić information content (AvgIpc) is 3.49. The Hall–Kier alpha value is -4.03. The number of amides is 1. The molecule has 2 heterocycles. The molecule has 42 heavy (non-hydrogen) atoms. The van der Waals surface area contributed by atoms with Crippen LogP contribution in [-0.4, -0.2) is 34.4 Å². The fourth-order valence-electron chi connectivity index (χ4n) is 4.66. The fourth-order valence-corrected chi connectivity index (χ4v) is 6.01. The van der Waals surface area contributed by atoms with E-state index in [0.717, 1.165) is 26.0 Å². The Labute approximate surface area is 260 Å². The van der Waals surface area contributed by atoms with Crippen LogP contribution in [0.5, 0.6) is 5.75 Å². The van der Waals surface area contributed by atoms with Crippen LogP contribution >= 0.6 is 33.9 Å². The molecule has 8 nitrogen and oxygen atoms in total. The lowest BCUT2D eigenvalue weighted by atomic mass is 9.95. The Bertz CT molecular complexity index is 1690. The molecule has 1 saturated heterocycles. The molecule has 1 atom stereocenters. The zero-order valence-corrected chi connectivity index (χ0v) is 26.1. The van der Waals surface area contributed by atoms with Crippen LogP contribution in [0.4, 0.5) is 5.13 Å². The number of aromatic nitrogens is 1. The maximum absolute atomic E-state index is 13.5. The van der Waals surface area contributed by atoms with E-state index in [0.29, 0.717) is 29.2 Å². The molecule has 0 spiro atoms. The zero-order valence-electron chi connectivity index (χ0n) is 23.1. The number of hydrogen-bond acceptors (Lipinski definition) is 8. The summed E-state index contributed by atoms with van der Waals surface area (Å²) in [5, 5.41) is 11.6. The van der Waals surface area contributed by atoms with Gasteiger partial charge in [0.1, 0.15) is 23.0 Å². The molecule has 1 aromatic heterocycles. The molecule has 5 rings (SSSR count).